The third-order valence-corrected chi connectivity index (χ3v) is 6.76. The van der Waals surface area contributed by atoms with Crippen molar-refractivity contribution in [3.63, 3.8) is 0 Å². The molecule has 0 unspecified atom stereocenters. The van der Waals surface area contributed by atoms with E-state index in [1.807, 2.05) is 41.3 Å². The molecule has 1 saturated heterocycles. The molecule has 0 spiro atoms. The van der Waals surface area contributed by atoms with Gasteiger partial charge in [-0.25, -0.2) is 4.98 Å². The van der Waals surface area contributed by atoms with Crippen molar-refractivity contribution in [3.8, 4) is 11.5 Å². The highest BCUT2D eigenvalue weighted by molar-refractivity contribution is 7.20. The predicted molar refractivity (Wildman–Crippen MR) is 125 cm³/mol. The second-order valence-electron chi connectivity index (χ2n) is 7.53. The van der Waals surface area contributed by atoms with Crippen molar-refractivity contribution in [1.82, 2.24) is 9.88 Å². The average Bonchev–Trinajstić information content (AvgIpc) is 3.24. The number of fused-ring (bicyclic) bond motifs is 2. The molecule has 3 heterocycles. The first kappa shape index (κ1) is 19.6. The number of pyridine rings is 1. The first-order chi connectivity index (χ1) is 15.1. The third-order valence-electron chi connectivity index (χ3n) is 5.73. The van der Waals surface area contributed by atoms with E-state index >= 15 is 0 Å². The summed E-state index contributed by atoms with van der Waals surface area (Å²) in [6, 6.07) is 18.0. The van der Waals surface area contributed by atoms with E-state index in [9.17, 15) is 4.79 Å². The SMILES string of the molecule is COc1ccc(N2CCN(C(=O)c3cc4cc5ccc(OC)cc5nc4s3)CC2)cc1. The molecule has 0 N–H and O–H groups in total. The number of aromatic nitrogens is 1. The van der Waals surface area contributed by atoms with E-state index in [0.717, 1.165) is 56.3 Å². The molecule has 0 bridgehead atoms. The van der Waals surface area contributed by atoms with Gasteiger partial charge >= 0.3 is 0 Å². The van der Waals surface area contributed by atoms with Crippen LogP contribution in [0.5, 0.6) is 11.5 Å². The van der Waals surface area contributed by atoms with Crippen molar-refractivity contribution in [1.29, 1.82) is 0 Å². The van der Waals surface area contributed by atoms with Crippen LogP contribution in [-0.4, -0.2) is 56.2 Å². The Morgan fingerprint density at radius 3 is 2.29 bits per heavy atom. The van der Waals surface area contributed by atoms with Gasteiger partial charge in [0.1, 0.15) is 16.3 Å². The Hall–Kier alpha value is -3.32. The smallest absolute Gasteiger partial charge is 0.264 e. The first-order valence-electron chi connectivity index (χ1n) is 10.2. The molecular formula is C24H23N3O3S. The number of methoxy groups -OCH3 is 2. The van der Waals surface area contributed by atoms with Crippen molar-refractivity contribution in [2.45, 2.75) is 0 Å². The van der Waals surface area contributed by atoms with Gasteiger partial charge in [0.15, 0.2) is 0 Å². The van der Waals surface area contributed by atoms with E-state index in [-0.39, 0.29) is 5.91 Å². The largest absolute Gasteiger partial charge is 0.497 e. The Labute approximate surface area is 184 Å². The van der Waals surface area contributed by atoms with Gasteiger partial charge in [-0.3, -0.25) is 4.79 Å². The van der Waals surface area contributed by atoms with Gasteiger partial charge in [-0.05, 0) is 48.5 Å². The maximum absolute atomic E-state index is 13.1. The Morgan fingerprint density at radius 1 is 0.871 bits per heavy atom. The molecule has 7 heteroatoms. The molecule has 1 amide bonds. The number of hydrogen-bond donors (Lipinski definition) is 0. The first-order valence-corrected chi connectivity index (χ1v) is 11.0. The highest BCUT2D eigenvalue weighted by Gasteiger charge is 2.24. The van der Waals surface area contributed by atoms with E-state index in [0.29, 0.717) is 13.1 Å². The van der Waals surface area contributed by atoms with Crippen LogP contribution in [0.25, 0.3) is 21.1 Å². The second-order valence-corrected chi connectivity index (χ2v) is 8.56. The zero-order valence-corrected chi connectivity index (χ0v) is 18.3. The summed E-state index contributed by atoms with van der Waals surface area (Å²) < 4.78 is 10.5. The Morgan fingerprint density at radius 2 is 1.58 bits per heavy atom. The topological polar surface area (TPSA) is 54.9 Å². The van der Waals surface area contributed by atoms with Gasteiger partial charge in [-0.1, -0.05) is 0 Å². The van der Waals surface area contributed by atoms with Crippen molar-refractivity contribution in [2.75, 3.05) is 45.3 Å². The van der Waals surface area contributed by atoms with Crippen LogP contribution >= 0.6 is 11.3 Å². The molecule has 5 rings (SSSR count). The van der Waals surface area contributed by atoms with Gasteiger partial charge in [0, 0.05) is 48.7 Å². The number of carbonyl (C=O) groups excluding carboxylic acids is 1. The summed E-state index contributed by atoms with van der Waals surface area (Å²) in [6.07, 6.45) is 0. The van der Waals surface area contributed by atoms with Gasteiger partial charge in [-0.15, -0.1) is 11.3 Å². The molecule has 158 valence electrons. The van der Waals surface area contributed by atoms with E-state index in [1.165, 1.54) is 11.3 Å². The van der Waals surface area contributed by atoms with Crippen molar-refractivity contribution >= 4 is 44.1 Å². The highest BCUT2D eigenvalue weighted by Crippen LogP contribution is 2.30. The van der Waals surface area contributed by atoms with Crippen LogP contribution in [0.3, 0.4) is 0 Å². The number of nitrogens with zero attached hydrogens (tertiary/aromatic N) is 3. The molecule has 2 aromatic carbocycles. The number of ether oxygens (including phenoxy) is 2. The summed E-state index contributed by atoms with van der Waals surface area (Å²) in [5.41, 5.74) is 2.03. The summed E-state index contributed by atoms with van der Waals surface area (Å²) in [7, 11) is 3.32. The fourth-order valence-electron chi connectivity index (χ4n) is 3.95. The monoisotopic (exact) mass is 433 g/mol. The van der Waals surface area contributed by atoms with E-state index in [4.69, 9.17) is 14.5 Å². The van der Waals surface area contributed by atoms with Crippen LogP contribution in [0.4, 0.5) is 5.69 Å². The zero-order chi connectivity index (χ0) is 21.4. The molecular weight excluding hydrogens is 410 g/mol. The van der Waals surface area contributed by atoms with E-state index in [2.05, 4.69) is 23.1 Å². The molecule has 1 aliphatic heterocycles. The molecule has 4 aromatic rings. The number of piperazine rings is 1. The summed E-state index contributed by atoms with van der Waals surface area (Å²) in [6.45, 7) is 3.02. The third kappa shape index (κ3) is 3.77. The zero-order valence-electron chi connectivity index (χ0n) is 17.5. The lowest BCUT2D eigenvalue weighted by Gasteiger charge is -2.36. The van der Waals surface area contributed by atoms with Crippen molar-refractivity contribution < 1.29 is 14.3 Å². The van der Waals surface area contributed by atoms with Crippen LogP contribution < -0.4 is 14.4 Å². The highest BCUT2D eigenvalue weighted by atomic mass is 32.1. The molecule has 1 fully saturated rings. The van der Waals surface area contributed by atoms with E-state index in [1.54, 1.807) is 14.2 Å². The van der Waals surface area contributed by atoms with Gasteiger partial charge in [-0.2, -0.15) is 0 Å². The minimum Gasteiger partial charge on any atom is -0.497 e. The van der Waals surface area contributed by atoms with Crippen LogP contribution in [0.15, 0.2) is 54.6 Å². The normalized spacial score (nSPS) is 14.3. The van der Waals surface area contributed by atoms with Crippen LogP contribution in [-0.2, 0) is 0 Å². The summed E-state index contributed by atoms with van der Waals surface area (Å²) in [5.74, 6) is 1.71. The number of rotatable bonds is 4. The summed E-state index contributed by atoms with van der Waals surface area (Å²) >= 11 is 1.46. The van der Waals surface area contributed by atoms with Gasteiger partial charge in [0.25, 0.3) is 5.91 Å². The standard InChI is InChI=1S/C24H23N3O3S/c1-29-19-7-4-18(5-8-19)26-9-11-27(12-10-26)24(28)22-14-17-13-16-3-6-20(30-2)15-21(16)25-23(17)31-22/h3-8,13-15H,9-12H2,1-2H3. The van der Waals surface area contributed by atoms with Gasteiger partial charge in [0.2, 0.25) is 0 Å². The summed E-state index contributed by atoms with van der Waals surface area (Å²) in [5, 5.41) is 2.04. The average molecular weight is 434 g/mol. The van der Waals surface area contributed by atoms with Crippen LogP contribution in [0.1, 0.15) is 9.67 Å². The minimum atomic E-state index is 0.0824. The molecule has 1 aliphatic rings. The Balaban J connectivity index is 1.32. The molecule has 0 atom stereocenters. The van der Waals surface area contributed by atoms with Crippen LogP contribution in [0.2, 0.25) is 0 Å². The Bertz CT molecular complexity index is 1240. The molecule has 6 nitrogen and oxygen atoms in total. The number of benzene rings is 2. The maximum atomic E-state index is 13.1. The van der Waals surface area contributed by atoms with Gasteiger partial charge < -0.3 is 19.3 Å². The van der Waals surface area contributed by atoms with Crippen LogP contribution in [0, 0.1) is 0 Å². The predicted octanol–water partition coefficient (Wildman–Crippen LogP) is 4.43. The molecule has 0 aliphatic carbocycles. The minimum absolute atomic E-state index is 0.0824. The second kappa shape index (κ2) is 8.07. The number of amides is 1. The molecule has 31 heavy (non-hydrogen) atoms. The number of carbonyl (C=O) groups is 1. The van der Waals surface area contributed by atoms with Gasteiger partial charge in [0.05, 0.1) is 24.6 Å². The molecule has 0 saturated carbocycles. The maximum Gasteiger partial charge on any atom is 0.264 e. The quantitative estimate of drug-likeness (QED) is 0.477. The lowest BCUT2D eigenvalue weighted by atomic mass is 10.2. The number of hydrogen-bond acceptors (Lipinski definition) is 6. The number of thiophene rings is 1. The number of anilines is 1. The summed E-state index contributed by atoms with van der Waals surface area (Å²) in [4.78, 5) is 23.7. The lowest BCUT2D eigenvalue weighted by Crippen LogP contribution is -2.48. The Kier molecular flexibility index (Phi) is 5.11. The van der Waals surface area contributed by atoms with Crippen molar-refractivity contribution in [2.24, 2.45) is 0 Å². The van der Waals surface area contributed by atoms with Crippen molar-refractivity contribution in [3.05, 3.63) is 59.5 Å². The molecule has 0 radical (unpaired) electrons. The lowest BCUT2D eigenvalue weighted by molar-refractivity contribution is 0.0751. The van der Waals surface area contributed by atoms with E-state index < -0.39 is 0 Å². The fourth-order valence-corrected chi connectivity index (χ4v) is 4.94. The molecule has 2 aromatic heterocycles. The fraction of sp³-hybridized carbons (Fsp3) is 0.250.